The van der Waals surface area contributed by atoms with Crippen LogP contribution in [0.2, 0.25) is 0 Å². The summed E-state index contributed by atoms with van der Waals surface area (Å²) in [5.41, 5.74) is 6.49. The fourth-order valence-electron chi connectivity index (χ4n) is 1.65. The molecule has 0 aliphatic rings. The number of hydrogen-bond acceptors (Lipinski definition) is 5. The first-order chi connectivity index (χ1) is 12.9. The van der Waals surface area contributed by atoms with Crippen molar-refractivity contribution in [1.29, 1.82) is 0 Å². The Morgan fingerprint density at radius 1 is 1.18 bits per heavy atom. The SMILES string of the molecule is CC(C)(C)N.O=C(NCc1ccc(OCCC(F)(F)F)nc1)c1cccnc1. The van der Waals surface area contributed by atoms with Crippen LogP contribution in [-0.4, -0.2) is 34.2 Å². The fraction of sp³-hybridized carbons (Fsp3) is 0.421. The van der Waals surface area contributed by atoms with Crippen LogP contribution < -0.4 is 15.8 Å². The van der Waals surface area contributed by atoms with Gasteiger partial charge < -0.3 is 15.8 Å². The van der Waals surface area contributed by atoms with E-state index in [-0.39, 0.29) is 23.9 Å². The summed E-state index contributed by atoms with van der Waals surface area (Å²) in [6, 6.07) is 6.38. The Kier molecular flexibility index (Phi) is 8.84. The zero-order valence-corrected chi connectivity index (χ0v) is 16.1. The van der Waals surface area contributed by atoms with Crippen molar-refractivity contribution >= 4 is 5.91 Å². The number of halogens is 3. The molecule has 0 aromatic carbocycles. The third-order valence-electron chi connectivity index (χ3n) is 2.81. The van der Waals surface area contributed by atoms with Gasteiger partial charge in [-0.15, -0.1) is 0 Å². The molecule has 0 saturated carbocycles. The van der Waals surface area contributed by atoms with Gasteiger partial charge in [0.2, 0.25) is 5.88 Å². The summed E-state index contributed by atoms with van der Waals surface area (Å²) < 4.78 is 40.9. The Morgan fingerprint density at radius 3 is 2.36 bits per heavy atom. The van der Waals surface area contributed by atoms with E-state index in [4.69, 9.17) is 10.5 Å². The Morgan fingerprint density at radius 2 is 1.86 bits per heavy atom. The number of carbonyl (C=O) groups is 1. The average Bonchev–Trinajstić information content (AvgIpc) is 2.59. The summed E-state index contributed by atoms with van der Waals surface area (Å²) in [5.74, 6) is -0.166. The summed E-state index contributed by atoms with van der Waals surface area (Å²) in [6.45, 7) is 5.66. The molecule has 6 nitrogen and oxygen atoms in total. The molecule has 1 amide bonds. The summed E-state index contributed by atoms with van der Waals surface area (Å²) in [5, 5.41) is 2.69. The van der Waals surface area contributed by atoms with E-state index in [0.717, 1.165) is 0 Å². The second-order valence-electron chi connectivity index (χ2n) is 7.01. The van der Waals surface area contributed by atoms with Crippen molar-refractivity contribution in [1.82, 2.24) is 15.3 Å². The second kappa shape index (κ2) is 10.6. The number of rotatable bonds is 6. The van der Waals surface area contributed by atoms with Crippen LogP contribution in [0.4, 0.5) is 13.2 Å². The molecule has 2 aromatic rings. The number of carbonyl (C=O) groups excluding carboxylic acids is 1. The first-order valence-corrected chi connectivity index (χ1v) is 8.55. The number of aromatic nitrogens is 2. The predicted octanol–water partition coefficient (Wildman–Crippen LogP) is 3.48. The first kappa shape index (κ1) is 23.4. The summed E-state index contributed by atoms with van der Waals surface area (Å²) >= 11 is 0. The number of hydrogen-bond donors (Lipinski definition) is 2. The molecule has 3 N–H and O–H groups in total. The van der Waals surface area contributed by atoms with Gasteiger partial charge in [-0.1, -0.05) is 6.07 Å². The van der Waals surface area contributed by atoms with Gasteiger partial charge in [-0.05, 0) is 38.5 Å². The Bertz CT molecular complexity index is 709. The first-order valence-electron chi connectivity index (χ1n) is 8.55. The maximum absolute atomic E-state index is 12.0. The lowest BCUT2D eigenvalue weighted by atomic mass is 10.1. The van der Waals surface area contributed by atoms with E-state index in [1.54, 1.807) is 24.4 Å². The van der Waals surface area contributed by atoms with Crippen LogP contribution in [0.1, 0.15) is 43.1 Å². The van der Waals surface area contributed by atoms with Crippen molar-refractivity contribution < 1.29 is 22.7 Å². The molecular weight excluding hydrogens is 373 g/mol. The van der Waals surface area contributed by atoms with Gasteiger partial charge in [-0.25, -0.2) is 4.98 Å². The minimum Gasteiger partial charge on any atom is -0.477 e. The zero-order valence-electron chi connectivity index (χ0n) is 16.1. The summed E-state index contributed by atoms with van der Waals surface area (Å²) in [7, 11) is 0. The predicted molar refractivity (Wildman–Crippen MR) is 99.8 cm³/mol. The van der Waals surface area contributed by atoms with Gasteiger partial charge in [0.05, 0.1) is 18.6 Å². The molecule has 0 aliphatic carbocycles. The van der Waals surface area contributed by atoms with Crippen molar-refractivity contribution in [2.45, 2.75) is 45.5 Å². The van der Waals surface area contributed by atoms with Crippen molar-refractivity contribution in [3.05, 3.63) is 54.0 Å². The van der Waals surface area contributed by atoms with E-state index in [9.17, 15) is 18.0 Å². The smallest absolute Gasteiger partial charge is 0.392 e. The van der Waals surface area contributed by atoms with E-state index in [1.807, 2.05) is 20.8 Å². The number of nitrogens with zero attached hydrogens (tertiary/aromatic N) is 2. The van der Waals surface area contributed by atoms with E-state index < -0.39 is 19.2 Å². The lowest BCUT2D eigenvalue weighted by Gasteiger charge is -2.09. The van der Waals surface area contributed by atoms with E-state index in [2.05, 4.69) is 15.3 Å². The highest BCUT2D eigenvalue weighted by atomic mass is 19.4. The van der Waals surface area contributed by atoms with Crippen molar-refractivity contribution in [2.75, 3.05) is 6.61 Å². The minimum absolute atomic E-state index is 0. The molecule has 0 bridgehead atoms. The van der Waals surface area contributed by atoms with Crippen LogP contribution in [-0.2, 0) is 6.54 Å². The molecular formula is C19H25F3N4O2. The van der Waals surface area contributed by atoms with E-state index in [1.165, 1.54) is 18.5 Å². The average molecular weight is 398 g/mol. The number of ether oxygens (including phenoxy) is 1. The highest BCUT2D eigenvalue weighted by molar-refractivity contribution is 5.93. The highest BCUT2D eigenvalue weighted by Crippen LogP contribution is 2.19. The minimum atomic E-state index is -4.25. The monoisotopic (exact) mass is 398 g/mol. The largest absolute Gasteiger partial charge is 0.477 e. The lowest BCUT2D eigenvalue weighted by molar-refractivity contribution is -0.139. The van der Waals surface area contributed by atoms with Gasteiger partial charge in [0.15, 0.2) is 0 Å². The molecule has 28 heavy (non-hydrogen) atoms. The molecule has 9 heteroatoms. The maximum atomic E-state index is 12.0. The Hall–Kier alpha value is -2.68. The van der Waals surface area contributed by atoms with Crippen LogP contribution in [0.3, 0.4) is 0 Å². The molecule has 0 fully saturated rings. The summed E-state index contributed by atoms with van der Waals surface area (Å²) in [6.07, 6.45) is -0.829. The van der Waals surface area contributed by atoms with Gasteiger partial charge in [0.25, 0.3) is 5.91 Å². The van der Waals surface area contributed by atoms with Crippen molar-refractivity contribution in [3.8, 4) is 5.88 Å². The summed E-state index contributed by atoms with van der Waals surface area (Å²) in [4.78, 5) is 19.6. The zero-order chi connectivity index (χ0) is 21.2. The molecule has 0 atom stereocenters. The molecule has 0 unspecified atom stereocenters. The third-order valence-corrected chi connectivity index (χ3v) is 2.81. The van der Waals surface area contributed by atoms with Gasteiger partial charge in [0, 0.05) is 36.7 Å². The number of nitrogens with two attached hydrogens (primary N) is 1. The molecule has 2 rings (SSSR count). The molecule has 154 valence electrons. The molecule has 2 heterocycles. The van der Waals surface area contributed by atoms with Gasteiger partial charge in [0.1, 0.15) is 0 Å². The quantitative estimate of drug-likeness (QED) is 0.778. The molecule has 2 aromatic heterocycles. The lowest BCUT2D eigenvalue weighted by Crippen LogP contribution is -2.26. The van der Waals surface area contributed by atoms with Crippen molar-refractivity contribution in [3.63, 3.8) is 0 Å². The van der Waals surface area contributed by atoms with Crippen LogP contribution in [0, 0.1) is 0 Å². The number of nitrogens with one attached hydrogen (secondary N) is 1. The van der Waals surface area contributed by atoms with Crippen LogP contribution in [0.5, 0.6) is 5.88 Å². The van der Waals surface area contributed by atoms with Crippen LogP contribution >= 0.6 is 0 Å². The Balaban J connectivity index is 0.000000696. The van der Waals surface area contributed by atoms with Crippen molar-refractivity contribution in [2.24, 2.45) is 5.73 Å². The van der Waals surface area contributed by atoms with Gasteiger partial charge in [-0.2, -0.15) is 13.2 Å². The van der Waals surface area contributed by atoms with E-state index in [0.29, 0.717) is 11.1 Å². The molecule has 0 radical (unpaired) electrons. The second-order valence-corrected chi connectivity index (χ2v) is 7.01. The Labute approximate surface area is 162 Å². The molecule has 0 aliphatic heterocycles. The standard InChI is InChI=1S/C15H14F3N3O2.C4H11N/c16-15(17,18)5-7-23-13-4-3-11(8-20-13)9-21-14(22)12-2-1-6-19-10-12;1-4(2,3)5/h1-4,6,8,10H,5,7,9H2,(H,21,22);5H2,1-3H3. The molecule has 0 saturated heterocycles. The van der Waals surface area contributed by atoms with Gasteiger partial charge in [-0.3, -0.25) is 9.78 Å². The number of pyridine rings is 2. The number of amides is 1. The van der Waals surface area contributed by atoms with Crippen LogP contribution in [0.25, 0.3) is 0 Å². The normalized spacial score (nSPS) is 11.2. The topological polar surface area (TPSA) is 90.1 Å². The number of alkyl halides is 3. The third kappa shape index (κ3) is 11.8. The molecule has 0 spiro atoms. The maximum Gasteiger partial charge on any atom is 0.392 e. The fourth-order valence-corrected chi connectivity index (χ4v) is 1.65. The van der Waals surface area contributed by atoms with Crippen LogP contribution in [0.15, 0.2) is 42.9 Å². The van der Waals surface area contributed by atoms with Gasteiger partial charge >= 0.3 is 6.18 Å². The highest BCUT2D eigenvalue weighted by Gasteiger charge is 2.26. The van der Waals surface area contributed by atoms with E-state index >= 15 is 0 Å².